The Kier molecular flexibility index (Phi) is 8.05. The Bertz CT molecular complexity index is 1060. The Morgan fingerprint density at radius 3 is 1.59 bits per heavy atom. The van der Waals surface area contributed by atoms with Crippen LogP contribution >= 0.6 is 11.6 Å². The molecule has 0 aliphatic heterocycles. The number of rotatable bonds is 10. The summed E-state index contributed by atoms with van der Waals surface area (Å²) in [6.45, 7) is 0. The number of nitrogens with zero attached hydrogens (tertiary/aromatic N) is 1. The van der Waals surface area contributed by atoms with Crippen molar-refractivity contribution in [2.45, 2.75) is 47.9 Å². The molecule has 0 fully saturated rings. The van der Waals surface area contributed by atoms with Crippen LogP contribution in [-0.4, -0.2) is 58.7 Å². The normalized spacial score (nSPS) is 14.6. The predicted molar refractivity (Wildman–Crippen MR) is 87.4 cm³/mol. The number of hydrogen-bond acceptors (Lipinski definition) is 3. The van der Waals surface area contributed by atoms with E-state index in [0.717, 1.165) is 0 Å². The number of carbonyl (C=O) groups is 1. The standard InChI is InChI=1S/C15H5ClF16N2O3/c16-5-2-1-4(3-6(5)34(36)37)33-8(35)10(21,22)12(25,26)14(29,30)15(31,32)13(27,28)11(23,24)9(19,20)7(17)18/h1-3,7H,(H,33,35). The van der Waals surface area contributed by atoms with Crippen LogP contribution in [0, 0.1) is 10.1 Å². The summed E-state index contributed by atoms with van der Waals surface area (Å²) in [6, 6.07) is 0.776. The third-order valence-electron chi connectivity index (χ3n) is 4.35. The third kappa shape index (κ3) is 4.58. The smallest absolute Gasteiger partial charge is 0.320 e. The first-order chi connectivity index (χ1) is 16.2. The average Bonchev–Trinajstić information content (AvgIpc) is 2.73. The van der Waals surface area contributed by atoms with Crippen molar-refractivity contribution in [1.82, 2.24) is 0 Å². The van der Waals surface area contributed by atoms with Crippen LogP contribution in [0.25, 0.3) is 0 Å². The molecule has 0 radical (unpaired) electrons. The fourth-order valence-electron chi connectivity index (χ4n) is 2.22. The molecule has 1 N–H and O–H groups in total. The molecule has 212 valence electrons. The molecule has 37 heavy (non-hydrogen) atoms. The van der Waals surface area contributed by atoms with Crippen molar-refractivity contribution in [2.75, 3.05) is 5.32 Å². The zero-order chi connectivity index (χ0) is 29.8. The Labute approximate surface area is 196 Å². The van der Waals surface area contributed by atoms with E-state index in [2.05, 4.69) is 0 Å². The topological polar surface area (TPSA) is 72.2 Å². The number of nitrogens with one attached hydrogen (secondary N) is 1. The van der Waals surface area contributed by atoms with E-state index < -0.39 is 75.1 Å². The molecular formula is C15H5ClF16N2O3. The monoisotopic (exact) mass is 600 g/mol. The van der Waals surface area contributed by atoms with Gasteiger partial charge >= 0.3 is 53.8 Å². The van der Waals surface area contributed by atoms with Gasteiger partial charge in [0.2, 0.25) is 0 Å². The second kappa shape index (κ2) is 9.22. The van der Waals surface area contributed by atoms with E-state index >= 15 is 0 Å². The maximum Gasteiger partial charge on any atom is 0.393 e. The molecule has 1 rings (SSSR count). The Hall–Kier alpha value is -2.74. The van der Waals surface area contributed by atoms with E-state index in [1.165, 1.54) is 0 Å². The van der Waals surface area contributed by atoms with Gasteiger partial charge in [0, 0.05) is 11.8 Å². The fraction of sp³-hybridized carbons (Fsp3) is 0.533. The van der Waals surface area contributed by atoms with Gasteiger partial charge in [0.05, 0.1) is 4.92 Å². The zero-order valence-corrected chi connectivity index (χ0v) is 17.2. The van der Waals surface area contributed by atoms with E-state index in [4.69, 9.17) is 11.6 Å². The van der Waals surface area contributed by atoms with Gasteiger partial charge in [-0.05, 0) is 12.1 Å². The van der Waals surface area contributed by atoms with Crippen LogP contribution < -0.4 is 5.32 Å². The molecule has 0 heterocycles. The highest BCUT2D eigenvalue weighted by atomic mass is 35.5. The van der Waals surface area contributed by atoms with Gasteiger partial charge in [0.1, 0.15) is 5.02 Å². The summed E-state index contributed by atoms with van der Waals surface area (Å²) in [6.07, 6.45) is -5.98. The third-order valence-corrected chi connectivity index (χ3v) is 4.67. The van der Waals surface area contributed by atoms with Gasteiger partial charge in [0.15, 0.2) is 0 Å². The Morgan fingerprint density at radius 1 is 0.784 bits per heavy atom. The molecule has 0 saturated carbocycles. The number of nitro groups is 1. The second-order valence-corrected chi connectivity index (χ2v) is 7.15. The van der Waals surface area contributed by atoms with Crippen molar-refractivity contribution < 1.29 is 80.0 Å². The summed E-state index contributed by atoms with van der Waals surface area (Å²) in [5.74, 6) is -60.8. The van der Waals surface area contributed by atoms with Gasteiger partial charge in [-0.25, -0.2) is 8.78 Å². The minimum atomic E-state index is -8.66. The van der Waals surface area contributed by atoms with Crippen LogP contribution in [0.2, 0.25) is 5.02 Å². The molecule has 0 aliphatic rings. The first-order valence-corrected chi connectivity index (χ1v) is 8.72. The highest BCUT2D eigenvalue weighted by Crippen LogP contribution is 2.62. The lowest BCUT2D eigenvalue weighted by Crippen LogP contribution is -2.74. The van der Waals surface area contributed by atoms with Crippen LogP contribution in [-0.2, 0) is 4.79 Å². The van der Waals surface area contributed by atoms with Crippen LogP contribution in [0.4, 0.5) is 81.6 Å². The molecule has 0 atom stereocenters. The van der Waals surface area contributed by atoms with E-state index in [0.29, 0.717) is 17.4 Å². The summed E-state index contributed by atoms with van der Waals surface area (Å²) in [5.41, 5.74) is -2.58. The quantitative estimate of drug-likeness (QED) is 0.181. The first kappa shape index (κ1) is 32.3. The SMILES string of the molecule is O=C(Nc1ccc(Cl)c([N+](=O)[O-])c1)C(F)(F)C(F)(F)C(F)(F)C(F)(F)C(F)(F)C(F)(F)C(F)(F)C(F)F. The molecule has 1 aromatic rings. The van der Waals surface area contributed by atoms with Crippen LogP contribution in [0.5, 0.6) is 0 Å². The van der Waals surface area contributed by atoms with Crippen molar-refractivity contribution in [3.05, 3.63) is 33.3 Å². The highest BCUT2D eigenvalue weighted by Gasteiger charge is 2.94. The maximum absolute atomic E-state index is 13.9. The summed E-state index contributed by atoms with van der Waals surface area (Å²) in [5, 5.41) is 10.5. The molecule has 0 aliphatic carbocycles. The second-order valence-electron chi connectivity index (χ2n) is 6.75. The van der Waals surface area contributed by atoms with Gasteiger partial charge in [0.25, 0.3) is 5.69 Å². The Balaban J connectivity index is 3.56. The van der Waals surface area contributed by atoms with Crippen molar-refractivity contribution in [3.8, 4) is 0 Å². The van der Waals surface area contributed by atoms with Gasteiger partial charge < -0.3 is 5.32 Å². The number of anilines is 1. The van der Waals surface area contributed by atoms with Crippen LogP contribution in [0.3, 0.4) is 0 Å². The average molecular weight is 601 g/mol. The van der Waals surface area contributed by atoms with E-state index in [9.17, 15) is 85.2 Å². The summed E-state index contributed by atoms with van der Waals surface area (Å²) in [4.78, 5) is 20.7. The van der Waals surface area contributed by atoms with Gasteiger partial charge in [-0.1, -0.05) is 11.6 Å². The number of alkyl halides is 16. The largest absolute Gasteiger partial charge is 0.393 e. The van der Waals surface area contributed by atoms with Crippen molar-refractivity contribution in [2.24, 2.45) is 0 Å². The molecule has 1 aromatic carbocycles. The molecule has 0 unspecified atom stereocenters. The molecule has 22 heteroatoms. The number of carbonyl (C=O) groups excluding carboxylic acids is 1. The van der Waals surface area contributed by atoms with E-state index in [-0.39, 0.29) is 6.07 Å². The summed E-state index contributed by atoms with van der Waals surface area (Å²) in [7, 11) is 0. The highest BCUT2D eigenvalue weighted by molar-refractivity contribution is 6.32. The summed E-state index contributed by atoms with van der Waals surface area (Å²) >= 11 is 5.29. The van der Waals surface area contributed by atoms with E-state index in [1.807, 2.05) is 0 Å². The lowest BCUT2D eigenvalue weighted by molar-refractivity contribution is -0.443. The minimum absolute atomic E-state index is 0.0301. The predicted octanol–water partition coefficient (Wildman–Crippen LogP) is 6.90. The number of benzene rings is 1. The molecule has 5 nitrogen and oxygen atoms in total. The molecule has 1 amide bonds. The van der Waals surface area contributed by atoms with Crippen molar-refractivity contribution in [1.29, 1.82) is 0 Å². The van der Waals surface area contributed by atoms with E-state index in [1.54, 1.807) is 0 Å². The lowest BCUT2D eigenvalue weighted by atomic mass is 9.89. The van der Waals surface area contributed by atoms with Crippen molar-refractivity contribution in [3.63, 3.8) is 0 Å². The molecule has 0 spiro atoms. The maximum atomic E-state index is 13.9. The molecule has 0 bridgehead atoms. The molecule has 0 saturated heterocycles. The van der Waals surface area contributed by atoms with Crippen molar-refractivity contribution >= 4 is 28.9 Å². The minimum Gasteiger partial charge on any atom is -0.320 e. The molecular weight excluding hydrogens is 596 g/mol. The number of halogens is 17. The number of amides is 1. The Morgan fingerprint density at radius 2 is 1.19 bits per heavy atom. The first-order valence-electron chi connectivity index (χ1n) is 8.34. The van der Waals surface area contributed by atoms with Crippen LogP contribution in [0.1, 0.15) is 0 Å². The van der Waals surface area contributed by atoms with Gasteiger partial charge in [-0.2, -0.15) is 61.5 Å². The summed E-state index contributed by atoms with van der Waals surface area (Å²) < 4.78 is 212. The van der Waals surface area contributed by atoms with Gasteiger partial charge in [-0.15, -0.1) is 0 Å². The number of nitro benzene ring substituents is 1. The number of hydrogen-bond donors (Lipinski definition) is 1. The molecule has 0 aromatic heterocycles. The lowest BCUT2D eigenvalue weighted by Gasteiger charge is -2.42. The van der Waals surface area contributed by atoms with Gasteiger partial charge in [-0.3, -0.25) is 14.9 Å². The van der Waals surface area contributed by atoms with Crippen LogP contribution in [0.15, 0.2) is 18.2 Å². The fourth-order valence-corrected chi connectivity index (χ4v) is 2.40. The zero-order valence-electron chi connectivity index (χ0n) is 16.4.